The van der Waals surface area contributed by atoms with Crippen LogP contribution in [0.3, 0.4) is 0 Å². The number of halogens is 1. The van der Waals surface area contributed by atoms with Crippen molar-refractivity contribution in [1.29, 1.82) is 0 Å². The molecule has 218 valence electrons. The normalized spacial score (nSPS) is 14.4. The van der Waals surface area contributed by atoms with E-state index in [4.69, 9.17) is 11.6 Å². The van der Waals surface area contributed by atoms with Crippen LogP contribution in [0.2, 0.25) is 5.02 Å². The maximum Gasteiger partial charge on any atom is 0.264 e. The van der Waals surface area contributed by atoms with E-state index in [0.717, 1.165) is 41.1 Å². The molecule has 0 heterocycles. The predicted octanol–water partition coefficient (Wildman–Crippen LogP) is 6.02. The lowest BCUT2D eigenvalue weighted by Crippen LogP contribution is -2.53. The second-order valence-electron chi connectivity index (χ2n) is 10.6. The standard InChI is InChI=1S/C32H38ClN3O4S/c1-4-29(32(38)34-26-11-8-9-12-26)35(21-25-19-17-23(2)18-20-25)31(37)22-36(30-16-10-15-28(33)24(30)3)41(39,40)27-13-6-5-7-14-27/h5-7,10,13-20,26,29H,4,8-9,11-12,21-22H2,1-3H3,(H,34,38). The van der Waals surface area contributed by atoms with Crippen LogP contribution in [0.25, 0.3) is 0 Å². The number of sulfonamides is 1. The summed E-state index contributed by atoms with van der Waals surface area (Å²) in [7, 11) is -4.15. The Hall–Kier alpha value is -3.36. The van der Waals surface area contributed by atoms with Gasteiger partial charge in [0, 0.05) is 17.6 Å². The average Bonchev–Trinajstić information content (AvgIpc) is 3.47. The number of benzene rings is 3. The van der Waals surface area contributed by atoms with E-state index in [2.05, 4.69) is 5.32 Å². The fraction of sp³-hybridized carbons (Fsp3) is 0.375. The van der Waals surface area contributed by atoms with Gasteiger partial charge in [0.2, 0.25) is 11.8 Å². The van der Waals surface area contributed by atoms with Gasteiger partial charge in [0.25, 0.3) is 10.0 Å². The van der Waals surface area contributed by atoms with Gasteiger partial charge in [0.15, 0.2) is 0 Å². The molecule has 0 spiro atoms. The molecule has 1 N–H and O–H groups in total. The summed E-state index contributed by atoms with van der Waals surface area (Å²) in [5, 5.41) is 3.53. The fourth-order valence-corrected chi connectivity index (χ4v) is 6.94. The molecule has 41 heavy (non-hydrogen) atoms. The lowest BCUT2D eigenvalue weighted by atomic mass is 10.1. The first-order valence-electron chi connectivity index (χ1n) is 14.1. The van der Waals surface area contributed by atoms with E-state index in [0.29, 0.717) is 22.7 Å². The maximum absolute atomic E-state index is 14.2. The third-order valence-corrected chi connectivity index (χ3v) is 9.86. The molecule has 0 bridgehead atoms. The van der Waals surface area contributed by atoms with Gasteiger partial charge in [0.05, 0.1) is 10.6 Å². The van der Waals surface area contributed by atoms with Crippen molar-refractivity contribution >= 4 is 39.1 Å². The van der Waals surface area contributed by atoms with Gasteiger partial charge >= 0.3 is 0 Å². The topological polar surface area (TPSA) is 86.8 Å². The van der Waals surface area contributed by atoms with Crippen LogP contribution in [0.15, 0.2) is 77.7 Å². The first-order valence-corrected chi connectivity index (χ1v) is 15.9. The molecule has 7 nitrogen and oxygen atoms in total. The SMILES string of the molecule is CCC(C(=O)NC1CCCC1)N(Cc1ccc(C)cc1)C(=O)CN(c1cccc(Cl)c1C)S(=O)(=O)c1ccccc1. The number of carbonyl (C=O) groups is 2. The first-order chi connectivity index (χ1) is 19.6. The van der Waals surface area contributed by atoms with Crippen molar-refractivity contribution in [2.45, 2.75) is 76.4 Å². The highest BCUT2D eigenvalue weighted by Crippen LogP contribution is 2.31. The zero-order valence-corrected chi connectivity index (χ0v) is 25.4. The van der Waals surface area contributed by atoms with E-state index in [9.17, 15) is 18.0 Å². The highest BCUT2D eigenvalue weighted by Gasteiger charge is 2.35. The van der Waals surface area contributed by atoms with Crippen LogP contribution in [0.1, 0.15) is 55.7 Å². The number of nitrogens with zero attached hydrogens (tertiary/aromatic N) is 2. The Kier molecular flexibility index (Phi) is 10.1. The lowest BCUT2D eigenvalue weighted by Gasteiger charge is -2.34. The molecule has 4 rings (SSSR count). The van der Waals surface area contributed by atoms with Crippen LogP contribution in [-0.2, 0) is 26.2 Å². The Morgan fingerprint density at radius 2 is 1.61 bits per heavy atom. The Morgan fingerprint density at radius 3 is 2.24 bits per heavy atom. The third kappa shape index (κ3) is 7.29. The van der Waals surface area contributed by atoms with Crippen molar-refractivity contribution in [2.75, 3.05) is 10.8 Å². The summed E-state index contributed by atoms with van der Waals surface area (Å²) >= 11 is 6.40. The van der Waals surface area contributed by atoms with E-state index in [-0.39, 0.29) is 23.4 Å². The summed E-state index contributed by atoms with van der Waals surface area (Å²) in [6.45, 7) is 5.26. The number of hydrogen-bond acceptors (Lipinski definition) is 4. The molecule has 0 saturated heterocycles. The number of nitrogens with one attached hydrogen (secondary N) is 1. The largest absolute Gasteiger partial charge is 0.352 e. The van der Waals surface area contributed by atoms with Crippen molar-refractivity contribution in [2.24, 2.45) is 0 Å². The molecule has 3 aromatic rings. The monoisotopic (exact) mass is 595 g/mol. The molecule has 0 aliphatic heterocycles. The summed E-state index contributed by atoms with van der Waals surface area (Å²) < 4.78 is 29.1. The van der Waals surface area contributed by atoms with Crippen molar-refractivity contribution < 1.29 is 18.0 Å². The number of rotatable bonds is 11. The summed E-state index contributed by atoms with van der Waals surface area (Å²) in [6.07, 6.45) is 4.37. The second-order valence-corrected chi connectivity index (χ2v) is 12.9. The van der Waals surface area contributed by atoms with Crippen LogP contribution in [-0.4, -0.2) is 43.8 Å². The van der Waals surface area contributed by atoms with Gasteiger partial charge in [-0.1, -0.05) is 85.5 Å². The summed E-state index contributed by atoms with van der Waals surface area (Å²) in [4.78, 5) is 29.3. The van der Waals surface area contributed by atoms with Crippen LogP contribution in [0.4, 0.5) is 5.69 Å². The zero-order chi connectivity index (χ0) is 29.6. The van der Waals surface area contributed by atoms with Crippen molar-refractivity contribution in [3.63, 3.8) is 0 Å². The molecule has 3 aromatic carbocycles. The summed E-state index contributed by atoms with van der Waals surface area (Å²) in [6, 6.07) is 20.1. The average molecular weight is 596 g/mol. The number of amides is 2. The number of carbonyl (C=O) groups excluding carboxylic acids is 2. The molecule has 1 saturated carbocycles. The Balaban J connectivity index is 1.73. The molecule has 1 fully saturated rings. The van der Waals surface area contributed by atoms with Gasteiger partial charge in [0.1, 0.15) is 12.6 Å². The zero-order valence-electron chi connectivity index (χ0n) is 23.8. The van der Waals surface area contributed by atoms with Crippen molar-refractivity contribution in [3.8, 4) is 0 Å². The van der Waals surface area contributed by atoms with E-state index in [1.807, 2.05) is 38.1 Å². The molecule has 1 atom stereocenters. The molecule has 2 amide bonds. The third-order valence-electron chi connectivity index (χ3n) is 7.68. The molecule has 0 radical (unpaired) electrons. The minimum atomic E-state index is -4.15. The van der Waals surface area contributed by atoms with Gasteiger partial charge in [-0.2, -0.15) is 0 Å². The van der Waals surface area contributed by atoms with Gasteiger partial charge in [-0.15, -0.1) is 0 Å². The van der Waals surface area contributed by atoms with E-state index in [1.54, 1.807) is 43.3 Å². The highest BCUT2D eigenvalue weighted by molar-refractivity contribution is 7.92. The quantitative estimate of drug-likeness (QED) is 0.294. The molecule has 9 heteroatoms. The van der Waals surface area contributed by atoms with Gasteiger partial charge in [-0.3, -0.25) is 13.9 Å². The molecule has 1 aliphatic rings. The van der Waals surface area contributed by atoms with Crippen LogP contribution < -0.4 is 9.62 Å². The molecule has 0 aromatic heterocycles. The van der Waals surface area contributed by atoms with Crippen LogP contribution >= 0.6 is 11.6 Å². The number of anilines is 1. The van der Waals surface area contributed by atoms with E-state index >= 15 is 0 Å². The molecule has 1 aliphatic carbocycles. The number of hydrogen-bond donors (Lipinski definition) is 1. The minimum Gasteiger partial charge on any atom is -0.352 e. The maximum atomic E-state index is 14.2. The van der Waals surface area contributed by atoms with Crippen LogP contribution in [0, 0.1) is 13.8 Å². The van der Waals surface area contributed by atoms with Crippen molar-refractivity contribution in [3.05, 3.63) is 94.5 Å². The first kappa shape index (κ1) is 30.6. The smallest absolute Gasteiger partial charge is 0.264 e. The predicted molar refractivity (Wildman–Crippen MR) is 163 cm³/mol. The number of aryl methyl sites for hydroxylation is 1. The van der Waals surface area contributed by atoms with E-state index in [1.165, 1.54) is 17.0 Å². The summed E-state index contributed by atoms with van der Waals surface area (Å²) in [5.74, 6) is -0.686. The second kappa shape index (κ2) is 13.5. The van der Waals surface area contributed by atoms with Gasteiger partial charge in [-0.25, -0.2) is 8.42 Å². The molecule has 1 unspecified atom stereocenters. The Labute approximate surface area is 248 Å². The van der Waals surface area contributed by atoms with Gasteiger partial charge < -0.3 is 10.2 Å². The Morgan fingerprint density at radius 1 is 0.951 bits per heavy atom. The summed E-state index contributed by atoms with van der Waals surface area (Å²) in [5.41, 5.74) is 2.78. The van der Waals surface area contributed by atoms with Crippen molar-refractivity contribution in [1.82, 2.24) is 10.2 Å². The Bertz CT molecular complexity index is 1460. The van der Waals surface area contributed by atoms with E-state index < -0.39 is 28.5 Å². The van der Waals surface area contributed by atoms with Gasteiger partial charge in [-0.05, 0) is 68.5 Å². The lowest BCUT2D eigenvalue weighted by molar-refractivity contribution is -0.140. The highest BCUT2D eigenvalue weighted by atomic mass is 35.5. The molecular weight excluding hydrogens is 558 g/mol. The fourth-order valence-electron chi connectivity index (χ4n) is 5.28. The molecular formula is C32H38ClN3O4S. The van der Waals surface area contributed by atoms with Crippen LogP contribution in [0.5, 0.6) is 0 Å². The minimum absolute atomic E-state index is 0.0586.